The molecular formula is C48H40N2. The van der Waals surface area contributed by atoms with Crippen LogP contribution in [0.25, 0.3) is 82.8 Å². The van der Waals surface area contributed by atoms with Crippen molar-refractivity contribution in [2.75, 3.05) is 0 Å². The van der Waals surface area contributed by atoms with E-state index in [-0.39, 0.29) is 0 Å². The Hall–Kier alpha value is -6.12. The summed E-state index contributed by atoms with van der Waals surface area (Å²) in [5.41, 5.74) is 9.73. The van der Waals surface area contributed by atoms with Crippen LogP contribution in [0.4, 0.5) is 0 Å². The Kier molecular flexibility index (Phi) is 9.44. The van der Waals surface area contributed by atoms with Crippen LogP contribution >= 0.6 is 0 Å². The summed E-state index contributed by atoms with van der Waals surface area (Å²) in [4.78, 5) is 10.1. The van der Waals surface area contributed by atoms with Crippen molar-refractivity contribution < 1.29 is 0 Å². The number of hydrogen-bond donors (Lipinski definition) is 0. The molecule has 2 heteroatoms. The summed E-state index contributed by atoms with van der Waals surface area (Å²) in [6.45, 7) is 10.2. The second-order valence-electron chi connectivity index (χ2n) is 12.0. The van der Waals surface area contributed by atoms with E-state index in [1.165, 1.54) is 49.0 Å². The van der Waals surface area contributed by atoms with Crippen LogP contribution in [0.2, 0.25) is 0 Å². The summed E-state index contributed by atoms with van der Waals surface area (Å²) in [5, 5.41) is 7.46. The third-order valence-corrected chi connectivity index (χ3v) is 9.16. The Morgan fingerprint density at radius 2 is 1.08 bits per heavy atom. The largest absolute Gasteiger partial charge is 0.228 e. The van der Waals surface area contributed by atoms with E-state index in [0.717, 1.165) is 40.1 Å². The Balaban J connectivity index is 0.00000193. The molecule has 8 aromatic rings. The van der Waals surface area contributed by atoms with Gasteiger partial charge in [0.1, 0.15) is 0 Å². The number of aromatic nitrogens is 2. The van der Waals surface area contributed by atoms with Gasteiger partial charge in [-0.05, 0) is 72.6 Å². The molecule has 0 aliphatic heterocycles. The van der Waals surface area contributed by atoms with Gasteiger partial charge in [-0.25, -0.2) is 9.97 Å². The predicted molar refractivity (Wildman–Crippen MR) is 216 cm³/mol. The lowest BCUT2D eigenvalue weighted by Gasteiger charge is -2.19. The molecule has 2 nitrogen and oxygen atoms in total. The topological polar surface area (TPSA) is 25.8 Å². The van der Waals surface area contributed by atoms with Crippen molar-refractivity contribution in [3.05, 3.63) is 176 Å². The minimum atomic E-state index is 0.697. The van der Waals surface area contributed by atoms with Crippen LogP contribution in [0.5, 0.6) is 0 Å². The van der Waals surface area contributed by atoms with E-state index in [0.29, 0.717) is 5.82 Å². The van der Waals surface area contributed by atoms with E-state index in [9.17, 15) is 0 Å². The fourth-order valence-corrected chi connectivity index (χ4v) is 6.95. The summed E-state index contributed by atoms with van der Waals surface area (Å²) < 4.78 is 0. The van der Waals surface area contributed by atoms with Crippen molar-refractivity contribution in [3.63, 3.8) is 0 Å². The van der Waals surface area contributed by atoms with Gasteiger partial charge in [0.25, 0.3) is 0 Å². The average molecular weight is 645 g/mol. The fourth-order valence-electron chi connectivity index (χ4n) is 6.95. The molecule has 0 amide bonds. The van der Waals surface area contributed by atoms with E-state index >= 15 is 0 Å². The Bertz CT molecular complexity index is 2430. The first-order valence-corrected chi connectivity index (χ1v) is 17.5. The highest BCUT2D eigenvalue weighted by atomic mass is 14.9. The van der Waals surface area contributed by atoms with Gasteiger partial charge in [0.15, 0.2) is 5.82 Å². The summed E-state index contributed by atoms with van der Waals surface area (Å²) in [5.74, 6) is 0.697. The van der Waals surface area contributed by atoms with Crippen LogP contribution in [-0.4, -0.2) is 9.97 Å². The molecule has 1 heterocycles. The molecule has 0 bridgehead atoms. The lowest BCUT2D eigenvalue weighted by Crippen LogP contribution is -1.98. The molecule has 0 aliphatic rings. The van der Waals surface area contributed by atoms with Crippen LogP contribution in [0.3, 0.4) is 0 Å². The normalized spacial score (nSPS) is 11.4. The second kappa shape index (κ2) is 14.6. The maximum atomic E-state index is 5.05. The van der Waals surface area contributed by atoms with Crippen molar-refractivity contribution in [1.29, 1.82) is 0 Å². The molecule has 1 aromatic heterocycles. The number of nitrogens with zero attached hydrogens (tertiary/aromatic N) is 2. The van der Waals surface area contributed by atoms with Crippen LogP contribution in [-0.2, 0) is 0 Å². The molecule has 0 saturated carbocycles. The van der Waals surface area contributed by atoms with Gasteiger partial charge in [0.05, 0.1) is 11.4 Å². The van der Waals surface area contributed by atoms with Crippen molar-refractivity contribution >= 4 is 37.9 Å². The van der Waals surface area contributed by atoms with Gasteiger partial charge in [-0.3, -0.25) is 0 Å². The highest BCUT2D eigenvalue weighted by Gasteiger charge is 2.18. The van der Waals surface area contributed by atoms with Gasteiger partial charge in [-0.15, -0.1) is 0 Å². The van der Waals surface area contributed by atoms with Crippen molar-refractivity contribution in [2.24, 2.45) is 0 Å². The van der Waals surface area contributed by atoms with Gasteiger partial charge < -0.3 is 0 Å². The zero-order chi connectivity index (χ0) is 34.5. The average Bonchev–Trinajstić information content (AvgIpc) is 3.20. The molecule has 0 saturated heterocycles. The molecule has 8 rings (SSSR count). The molecule has 50 heavy (non-hydrogen) atoms. The van der Waals surface area contributed by atoms with E-state index in [2.05, 4.69) is 153 Å². The van der Waals surface area contributed by atoms with Crippen LogP contribution < -0.4 is 0 Å². The maximum Gasteiger partial charge on any atom is 0.160 e. The molecule has 0 atom stereocenters. The lowest BCUT2D eigenvalue weighted by atomic mass is 9.84. The molecule has 0 spiro atoms. The van der Waals surface area contributed by atoms with Gasteiger partial charge >= 0.3 is 0 Å². The van der Waals surface area contributed by atoms with Gasteiger partial charge in [0.2, 0.25) is 0 Å². The third kappa shape index (κ3) is 6.01. The first kappa shape index (κ1) is 32.4. The van der Waals surface area contributed by atoms with Gasteiger partial charge in [-0.2, -0.15) is 0 Å². The van der Waals surface area contributed by atoms with E-state index in [1.807, 2.05) is 38.1 Å². The minimum Gasteiger partial charge on any atom is -0.228 e. The van der Waals surface area contributed by atoms with Crippen molar-refractivity contribution in [1.82, 2.24) is 9.97 Å². The monoisotopic (exact) mass is 644 g/mol. The molecule has 0 unspecified atom stereocenters. The first-order valence-electron chi connectivity index (χ1n) is 17.5. The highest BCUT2D eigenvalue weighted by molar-refractivity contribution is 6.23. The number of benzene rings is 7. The number of fused-ring (bicyclic) bond motifs is 3. The minimum absolute atomic E-state index is 0.697. The van der Waals surface area contributed by atoms with E-state index in [4.69, 9.17) is 9.97 Å². The van der Waals surface area contributed by atoms with Crippen LogP contribution in [0.1, 0.15) is 32.9 Å². The van der Waals surface area contributed by atoms with E-state index < -0.39 is 0 Å². The summed E-state index contributed by atoms with van der Waals surface area (Å²) in [7, 11) is 0. The fraction of sp³-hybridized carbons (Fsp3) is 0.0833. The predicted octanol–water partition coefficient (Wildman–Crippen LogP) is 13.6. The summed E-state index contributed by atoms with van der Waals surface area (Å²) >= 11 is 0. The Morgan fingerprint density at radius 3 is 1.70 bits per heavy atom. The molecule has 242 valence electrons. The summed E-state index contributed by atoms with van der Waals surface area (Å²) in [6.07, 6.45) is 4.94. The standard InChI is InChI=1S/C46H34N2.C2H6/c1-3-15-31(4-2)42-30-43(33-17-6-5-7-18-33)48-46(47-42)35-28-26-34(27-29-35)44-38-21-10-12-23-40(38)45(41-24-13-11-22-39(41)44)37-25-14-19-32-16-8-9-20-36(32)37;1-2/h4-30H,2-3H2,1H3;1-2H3/b31-15+;. The molecule has 0 fully saturated rings. The molecule has 0 N–H and O–H groups in total. The number of hydrogen-bond acceptors (Lipinski definition) is 2. The Labute approximate surface area is 295 Å². The van der Waals surface area contributed by atoms with E-state index in [1.54, 1.807) is 0 Å². The first-order chi connectivity index (χ1) is 24.7. The SMILES string of the molecule is C=C/C(=C\CC)c1cc(-c2ccccc2)nc(-c2ccc(-c3c4ccccc4c(-c4cccc5ccccc45)c4ccccc34)cc2)n1.CC. The number of allylic oxidation sites excluding steroid dienone is 3. The van der Waals surface area contributed by atoms with Gasteiger partial charge in [0, 0.05) is 11.1 Å². The second-order valence-corrected chi connectivity index (χ2v) is 12.0. The Morgan fingerprint density at radius 1 is 0.540 bits per heavy atom. The van der Waals surface area contributed by atoms with Crippen molar-refractivity contribution in [2.45, 2.75) is 27.2 Å². The van der Waals surface area contributed by atoms with Gasteiger partial charge in [-0.1, -0.05) is 185 Å². The molecule has 0 radical (unpaired) electrons. The van der Waals surface area contributed by atoms with Crippen molar-refractivity contribution in [3.8, 4) is 44.9 Å². The van der Waals surface area contributed by atoms with Crippen LogP contribution in [0, 0.1) is 0 Å². The number of rotatable bonds is 7. The molecule has 0 aliphatic carbocycles. The zero-order valence-electron chi connectivity index (χ0n) is 28.9. The molecular weight excluding hydrogens is 605 g/mol. The maximum absolute atomic E-state index is 5.05. The third-order valence-electron chi connectivity index (χ3n) is 9.16. The molecule has 7 aromatic carbocycles. The lowest BCUT2D eigenvalue weighted by molar-refractivity contribution is 1.15. The zero-order valence-corrected chi connectivity index (χ0v) is 28.9. The smallest absolute Gasteiger partial charge is 0.160 e. The highest BCUT2D eigenvalue weighted by Crippen LogP contribution is 2.45. The van der Waals surface area contributed by atoms with Crippen LogP contribution in [0.15, 0.2) is 170 Å². The quantitative estimate of drug-likeness (QED) is 0.127. The summed E-state index contributed by atoms with van der Waals surface area (Å²) in [6, 6.07) is 54.0.